The van der Waals surface area contributed by atoms with E-state index >= 15 is 0 Å². The number of aliphatic imine (C=N–C) groups is 1. The predicted octanol–water partition coefficient (Wildman–Crippen LogP) is 5.24. The minimum atomic E-state index is -0.254. The van der Waals surface area contributed by atoms with Gasteiger partial charge in [0.2, 0.25) is 0 Å². The number of rotatable bonds is 3. The van der Waals surface area contributed by atoms with Gasteiger partial charge in [0, 0.05) is 35.9 Å². The first-order valence-electron chi connectivity index (χ1n) is 9.26. The summed E-state index contributed by atoms with van der Waals surface area (Å²) in [6.07, 6.45) is 1.80. The van der Waals surface area contributed by atoms with Crippen LogP contribution in [0, 0.1) is 0 Å². The van der Waals surface area contributed by atoms with Gasteiger partial charge in [-0.3, -0.25) is 4.79 Å². The van der Waals surface area contributed by atoms with Crippen molar-refractivity contribution >= 4 is 40.7 Å². The van der Waals surface area contributed by atoms with E-state index in [4.69, 9.17) is 16.6 Å². The summed E-state index contributed by atoms with van der Waals surface area (Å²) in [5.41, 5.74) is 5.44. The molecule has 0 bridgehead atoms. The number of carbonyl (C=O) groups is 1. The highest BCUT2D eigenvalue weighted by Crippen LogP contribution is 2.28. The van der Waals surface area contributed by atoms with Gasteiger partial charge < -0.3 is 10.2 Å². The summed E-state index contributed by atoms with van der Waals surface area (Å²) in [5, 5.41) is 3.55. The molecule has 0 spiro atoms. The van der Waals surface area contributed by atoms with Crippen molar-refractivity contribution in [3.05, 3.63) is 100 Å². The van der Waals surface area contributed by atoms with Gasteiger partial charge in [0.05, 0.1) is 11.4 Å². The summed E-state index contributed by atoms with van der Waals surface area (Å²) in [6.45, 7) is 0. The van der Waals surface area contributed by atoms with Gasteiger partial charge in [0.25, 0.3) is 5.91 Å². The lowest BCUT2D eigenvalue weighted by atomic mass is 10.0. The average Bonchev–Trinajstić information content (AvgIpc) is 2.86. The van der Waals surface area contributed by atoms with Crippen LogP contribution in [0.5, 0.6) is 0 Å². The molecule has 0 radical (unpaired) electrons. The summed E-state index contributed by atoms with van der Waals surface area (Å²) in [7, 11) is 3.98. The summed E-state index contributed by atoms with van der Waals surface area (Å²) in [4.78, 5) is 19.7. The molecule has 3 aromatic rings. The van der Waals surface area contributed by atoms with Gasteiger partial charge >= 0.3 is 0 Å². The minimum Gasteiger partial charge on any atom is -0.378 e. The molecule has 4 rings (SSSR count). The van der Waals surface area contributed by atoms with Crippen LogP contribution in [0.2, 0.25) is 5.02 Å². The normalized spacial score (nSPS) is 14.7. The standard InChI is InChI=1S/C24H20ClN3O/c1-28(2)19-11-8-16(9-12-19)14-22-24(29)27-21-13-10-18(25)15-20(21)23(26-22)17-6-4-3-5-7-17/h3-15H,1-2H3,(H,27,29)/b22-14+. The number of amides is 1. The van der Waals surface area contributed by atoms with Crippen molar-refractivity contribution in [1.82, 2.24) is 0 Å². The van der Waals surface area contributed by atoms with E-state index in [1.54, 1.807) is 12.1 Å². The number of hydrogen-bond acceptors (Lipinski definition) is 3. The maximum Gasteiger partial charge on any atom is 0.274 e. The molecule has 0 saturated carbocycles. The van der Waals surface area contributed by atoms with E-state index < -0.39 is 0 Å². The smallest absolute Gasteiger partial charge is 0.274 e. The molecule has 1 heterocycles. The predicted molar refractivity (Wildman–Crippen MR) is 121 cm³/mol. The van der Waals surface area contributed by atoms with Gasteiger partial charge in [-0.1, -0.05) is 54.1 Å². The molecule has 0 unspecified atom stereocenters. The summed E-state index contributed by atoms with van der Waals surface area (Å²) in [5.74, 6) is -0.254. The number of hydrogen-bond donors (Lipinski definition) is 1. The van der Waals surface area contributed by atoms with Crippen molar-refractivity contribution in [2.45, 2.75) is 0 Å². The Kier molecular flexibility index (Phi) is 5.19. The third kappa shape index (κ3) is 4.08. The maximum absolute atomic E-state index is 12.9. The van der Waals surface area contributed by atoms with Crippen LogP contribution < -0.4 is 10.2 Å². The zero-order valence-corrected chi connectivity index (χ0v) is 16.9. The van der Waals surface area contributed by atoms with E-state index in [0.29, 0.717) is 22.1 Å². The monoisotopic (exact) mass is 401 g/mol. The van der Waals surface area contributed by atoms with Gasteiger partial charge in [-0.2, -0.15) is 0 Å². The second-order valence-electron chi connectivity index (χ2n) is 6.99. The number of carbonyl (C=O) groups excluding carboxylic acids is 1. The van der Waals surface area contributed by atoms with Crippen LogP contribution >= 0.6 is 11.6 Å². The van der Waals surface area contributed by atoms with Crippen LogP contribution in [0.15, 0.2) is 83.5 Å². The Labute approximate surface area is 175 Å². The van der Waals surface area contributed by atoms with Crippen LogP contribution in [-0.4, -0.2) is 25.7 Å². The van der Waals surface area contributed by atoms with Crippen molar-refractivity contribution in [3.63, 3.8) is 0 Å². The number of halogens is 1. The Morgan fingerprint density at radius 3 is 2.38 bits per heavy atom. The van der Waals surface area contributed by atoms with Crippen LogP contribution in [0.1, 0.15) is 16.7 Å². The zero-order chi connectivity index (χ0) is 20.4. The first-order valence-corrected chi connectivity index (χ1v) is 9.63. The topological polar surface area (TPSA) is 44.7 Å². The van der Waals surface area contributed by atoms with E-state index in [2.05, 4.69) is 5.32 Å². The van der Waals surface area contributed by atoms with Gasteiger partial charge in [-0.25, -0.2) is 4.99 Å². The molecule has 3 aromatic carbocycles. The fraction of sp³-hybridized carbons (Fsp3) is 0.0833. The molecule has 0 atom stereocenters. The van der Waals surface area contributed by atoms with Gasteiger partial charge in [0.15, 0.2) is 0 Å². The quantitative estimate of drug-likeness (QED) is 0.610. The van der Waals surface area contributed by atoms with Gasteiger partial charge in [0.1, 0.15) is 5.70 Å². The fourth-order valence-corrected chi connectivity index (χ4v) is 3.35. The van der Waals surface area contributed by atoms with E-state index in [-0.39, 0.29) is 5.91 Å². The SMILES string of the molecule is CN(C)c1ccc(/C=C2/N=C(c3ccccc3)c3cc(Cl)ccc3NC2=O)cc1. The van der Waals surface area contributed by atoms with Crippen molar-refractivity contribution < 1.29 is 4.79 Å². The van der Waals surface area contributed by atoms with Crippen molar-refractivity contribution in [1.29, 1.82) is 0 Å². The number of benzene rings is 3. The maximum atomic E-state index is 12.9. The highest BCUT2D eigenvalue weighted by molar-refractivity contribution is 6.32. The molecule has 5 heteroatoms. The van der Waals surface area contributed by atoms with Crippen LogP contribution in [-0.2, 0) is 4.79 Å². The molecule has 0 saturated heterocycles. The summed E-state index contributed by atoms with van der Waals surface area (Å²) in [6, 6.07) is 23.2. The van der Waals surface area contributed by atoms with Crippen LogP contribution in [0.25, 0.3) is 6.08 Å². The van der Waals surface area contributed by atoms with E-state index in [1.165, 1.54) is 0 Å². The molecule has 0 aromatic heterocycles. The Balaban J connectivity index is 1.85. The highest BCUT2D eigenvalue weighted by Gasteiger charge is 2.21. The van der Waals surface area contributed by atoms with Crippen molar-refractivity contribution in [3.8, 4) is 0 Å². The molecule has 29 heavy (non-hydrogen) atoms. The number of benzodiazepines with no additional fused rings is 1. The third-order valence-corrected chi connectivity index (χ3v) is 4.95. The summed E-state index contributed by atoms with van der Waals surface area (Å²) >= 11 is 6.24. The molecular formula is C24H20ClN3O. The molecule has 0 aliphatic carbocycles. The molecule has 0 fully saturated rings. The lowest BCUT2D eigenvalue weighted by Gasteiger charge is -2.12. The Morgan fingerprint density at radius 2 is 1.69 bits per heavy atom. The number of fused-ring (bicyclic) bond motifs is 1. The number of nitrogens with zero attached hydrogens (tertiary/aromatic N) is 2. The van der Waals surface area contributed by atoms with Crippen molar-refractivity contribution in [2.24, 2.45) is 4.99 Å². The first kappa shape index (κ1) is 19.0. The van der Waals surface area contributed by atoms with Gasteiger partial charge in [-0.05, 0) is 42.0 Å². The largest absolute Gasteiger partial charge is 0.378 e. The molecule has 1 N–H and O–H groups in total. The zero-order valence-electron chi connectivity index (χ0n) is 16.2. The fourth-order valence-electron chi connectivity index (χ4n) is 3.18. The molecule has 1 aliphatic rings. The highest BCUT2D eigenvalue weighted by atomic mass is 35.5. The lowest BCUT2D eigenvalue weighted by Crippen LogP contribution is -2.12. The van der Waals surface area contributed by atoms with Crippen LogP contribution in [0.3, 0.4) is 0 Å². The van der Waals surface area contributed by atoms with E-state index in [1.807, 2.05) is 85.7 Å². The number of nitrogens with one attached hydrogen (secondary N) is 1. The molecule has 144 valence electrons. The summed E-state index contributed by atoms with van der Waals surface area (Å²) < 4.78 is 0. The molecular weight excluding hydrogens is 382 g/mol. The average molecular weight is 402 g/mol. The second-order valence-corrected chi connectivity index (χ2v) is 7.42. The Bertz CT molecular complexity index is 1120. The lowest BCUT2D eigenvalue weighted by molar-refractivity contribution is -0.112. The first-order chi connectivity index (χ1) is 14.0. The van der Waals surface area contributed by atoms with Gasteiger partial charge in [-0.15, -0.1) is 0 Å². The van der Waals surface area contributed by atoms with Crippen LogP contribution in [0.4, 0.5) is 11.4 Å². The third-order valence-electron chi connectivity index (χ3n) is 4.71. The second kappa shape index (κ2) is 7.94. The Morgan fingerprint density at radius 1 is 0.966 bits per heavy atom. The molecule has 1 aliphatic heterocycles. The number of anilines is 2. The van der Waals surface area contributed by atoms with E-state index in [9.17, 15) is 4.79 Å². The Hall–Kier alpha value is -3.37. The molecule has 1 amide bonds. The minimum absolute atomic E-state index is 0.254. The van der Waals surface area contributed by atoms with E-state index in [0.717, 1.165) is 22.4 Å². The molecule has 4 nitrogen and oxygen atoms in total. The van der Waals surface area contributed by atoms with Crippen molar-refractivity contribution in [2.75, 3.05) is 24.3 Å².